The van der Waals surface area contributed by atoms with E-state index < -0.39 is 0 Å². The highest BCUT2D eigenvalue weighted by Gasteiger charge is 2.17. The molecule has 0 spiro atoms. The van der Waals surface area contributed by atoms with Gasteiger partial charge in [-0.3, -0.25) is 9.78 Å². The number of pyridine rings is 1. The van der Waals surface area contributed by atoms with Crippen LogP contribution in [0, 0.1) is 0 Å². The van der Waals surface area contributed by atoms with Crippen molar-refractivity contribution in [1.29, 1.82) is 0 Å². The van der Waals surface area contributed by atoms with Crippen molar-refractivity contribution in [3.05, 3.63) is 59.9 Å². The number of rotatable bonds is 7. The number of primary amides is 1. The van der Waals surface area contributed by atoms with Gasteiger partial charge < -0.3 is 15.2 Å². The Bertz CT molecular complexity index is 570. The minimum Gasteiger partial charge on any atom is -0.468 e. The summed E-state index contributed by atoms with van der Waals surface area (Å²) in [5, 5.41) is 0. The number of ether oxygens (including phenoxy) is 2. The third-order valence-electron chi connectivity index (χ3n) is 3.12. The summed E-state index contributed by atoms with van der Waals surface area (Å²) < 4.78 is 10.2. The summed E-state index contributed by atoms with van der Waals surface area (Å²) >= 11 is 0. The van der Waals surface area contributed by atoms with Crippen LogP contribution >= 0.6 is 0 Å². The highest BCUT2D eigenvalue weighted by molar-refractivity contribution is 5.75. The Morgan fingerprint density at radius 1 is 1.24 bits per heavy atom. The lowest BCUT2D eigenvalue weighted by molar-refractivity contribution is -0.118. The Morgan fingerprint density at radius 2 is 2.00 bits per heavy atom. The van der Waals surface area contributed by atoms with Crippen molar-refractivity contribution in [1.82, 2.24) is 4.98 Å². The maximum Gasteiger partial charge on any atom is 0.218 e. The molecular formula is C16H18N2O3. The molecule has 0 aliphatic carbocycles. The second kappa shape index (κ2) is 7.40. The minimum absolute atomic E-state index is 0.104. The molecule has 1 amide bonds. The summed E-state index contributed by atoms with van der Waals surface area (Å²) in [6.07, 6.45) is 3.69. The Hall–Kier alpha value is -2.40. The van der Waals surface area contributed by atoms with Gasteiger partial charge >= 0.3 is 0 Å². The van der Waals surface area contributed by atoms with Crippen molar-refractivity contribution in [2.45, 2.75) is 12.3 Å². The maximum atomic E-state index is 11.3. The summed E-state index contributed by atoms with van der Waals surface area (Å²) in [6.45, 7) is 0.201. The monoisotopic (exact) mass is 286 g/mol. The number of benzene rings is 1. The Labute approximate surface area is 123 Å². The van der Waals surface area contributed by atoms with Gasteiger partial charge in [0, 0.05) is 31.8 Å². The molecule has 1 unspecified atom stereocenters. The number of hydrogen-bond acceptors (Lipinski definition) is 4. The first kappa shape index (κ1) is 15.0. The molecule has 0 aliphatic rings. The van der Waals surface area contributed by atoms with E-state index in [1.165, 1.54) is 0 Å². The molecular weight excluding hydrogens is 268 g/mol. The van der Waals surface area contributed by atoms with E-state index in [0.29, 0.717) is 5.75 Å². The van der Waals surface area contributed by atoms with Crippen LogP contribution in [0.3, 0.4) is 0 Å². The maximum absolute atomic E-state index is 11.3. The molecule has 5 heteroatoms. The molecule has 21 heavy (non-hydrogen) atoms. The normalized spacial score (nSPS) is 11.9. The lowest BCUT2D eigenvalue weighted by Crippen LogP contribution is -2.16. The first-order chi connectivity index (χ1) is 10.2. The molecule has 0 aliphatic heterocycles. The van der Waals surface area contributed by atoms with E-state index in [0.717, 1.165) is 11.1 Å². The van der Waals surface area contributed by atoms with Gasteiger partial charge in [0.2, 0.25) is 5.91 Å². The molecule has 0 fully saturated rings. The third-order valence-corrected chi connectivity index (χ3v) is 3.12. The number of amides is 1. The van der Waals surface area contributed by atoms with Crippen LogP contribution in [0.1, 0.15) is 23.5 Å². The van der Waals surface area contributed by atoms with Crippen LogP contribution in [0.15, 0.2) is 48.8 Å². The fraction of sp³-hybridized carbons (Fsp3) is 0.250. The van der Waals surface area contributed by atoms with Crippen molar-refractivity contribution >= 4 is 5.91 Å². The van der Waals surface area contributed by atoms with E-state index in [2.05, 4.69) is 4.98 Å². The SMILES string of the molecule is COCOc1ccc(C(CC(N)=O)c2cccnc2)cc1. The van der Waals surface area contributed by atoms with Crippen LogP contribution < -0.4 is 10.5 Å². The van der Waals surface area contributed by atoms with Crippen molar-refractivity contribution in [3.8, 4) is 5.75 Å². The molecule has 0 bridgehead atoms. The van der Waals surface area contributed by atoms with Gasteiger partial charge in [-0.25, -0.2) is 0 Å². The van der Waals surface area contributed by atoms with E-state index in [9.17, 15) is 4.79 Å². The Balaban J connectivity index is 2.22. The van der Waals surface area contributed by atoms with E-state index in [1.54, 1.807) is 19.5 Å². The van der Waals surface area contributed by atoms with Gasteiger partial charge in [0.05, 0.1) is 0 Å². The van der Waals surface area contributed by atoms with Crippen LogP contribution in [-0.2, 0) is 9.53 Å². The summed E-state index contributed by atoms with van der Waals surface area (Å²) in [5.41, 5.74) is 7.32. The first-order valence-corrected chi connectivity index (χ1v) is 6.60. The summed E-state index contributed by atoms with van der Waals surface area (Å²) in [6, 6.07) is 11.3. The van der Waals surface area contributed by atoms with Crippen molar-refractivity contribution in [3.63, 3.8) is 0 Å². The number of nitrogens with two attached hydrogens (primary N) is 1. The van der Waals surface area contributed by atoms with Gasteiger partial charge in [-0.05, 0) is 29.3 Å². The van der Waals surface area contributed by atoms with Gasteiger partial charge in [-0.1, -0.05) is 18.2 Å². The molecule has 1 atom stereocenters. The average molecular weight is 286 g/mol. The topological polar surface area (TPSA) is 74.4 Å². The molecule has 1 aromatic heterocycles. The molecule has 1 heterocycles. The number of methoxy groups -OCH3 is 1. The van der Waals surface area contributed by atoms with Crippen LogP contribution in [0.2, 0.25) is 0 Å². The third kappa shape index (κ3) is 4.29. The van der Waals surface area contributed by atoms with Crippen molar-refractivity contribution in [2.24, 2.45) is 5.73 Å². The smallest absolute Gasteiger partial charge is 0.218 e. The van der Waals surface area contributed by atoms with Gasteiger partial charge in [0.1, 0.15) is 5.75 Å². The standard InChI is InChI=1S/C16H18N2O3/c1-20-11-21-14-6-4-12(5-7-14)15(9-16(17)19)13-3-2-8-18-10-13/h2-8,10,15H,9,11H2,1H3,(H2,17,19). The number of hydrogen-bond donors (Lipinski definition) is 1. The molecule has 2 aromatic rings. The first-order valence-electron chi connectivity index (χ1n) is 6.60. The number of carbonyl (C=O) groups is 1. The van der Waals surface area contributed by atoms with Crippen LogP contribution in [0.25, 0.3) is 0 Å². The zero-order valence-corrected chi connectivity index (χ0v) is 11.9. The van der Waals surface area contributed by atoms with Crippen LogP contribution in [0.5, 0.6) is 5.75 Å². The summed E-state index contributed by atoms with van der Waals surface area (Å²) in [5.74, 6) is 0.265. The van der Waals surface area contributed by atoms with Crippen LogP contribution in [0.4, 0.5) is 0 Å². The molecule has 1 aromatic carbocycles. The predicted molar refractivity (Wildman–Crippen MR) is 78.8 cm³/mol. The number of aromatic nitrogens is 1. The van der Waals surface area contributed by atoms with Crippen molar-refractivity contribution in [2.75, 3.05) is 13.9 Å². The second-order valence-electron chi connectivity index (χ2n) is 4.63. The molecule has 2 rings (SSSR count). The zero-order chi connectivity index (χ0) is 15.1. The highest BCUT2D eigenvalue weighted by atomic mass is 16.7. The molecule has 5 nitrogen and oxygen atoms in total. The van der Waals surface area contributed by atoms with E-state index in [-0.39, 0.29) is 25.0 Å². The number of nitrogens with zero attached hydrogens (tertiary/aromatic N) is 1. The van der Waals surface area contributed by atoms with Gasteiger partial charge in [0.15, 0.2) is 6.79 Å². The zero-order valence-electron chi connectivity index (χ0n) is 11.9. The van der Waals surface area contributed by atoms with Gasteiger partial charge in [-0.2, -0.15) is 0 Å². The van der Waals surface area contributed by atoms with E-state index in [1.807, 2.05) is 36.4 Å². The number of carbonyl (C=O) groups excluding carboxylic acids is 1. The quantitative estimate of drug-likeness (QED) is 0.791. The fourth-order valence-electron chi connectivity index (χ4n) is 2.13. The molecule has 110 valence electrons. The highest BCUT2D eigenvalue weighted by Crippen LogP contribution is 2.28. The lowest BCUT2D eigenvalue weighted by atomic mass is 9.89. The van der Waals surface area contributed by atoms with Crippen LogP contribution in [-0.4, -0.2) is 24.8 Å². The molecule has 0 saturated carbocycles. The van der Waals surface area contributed by atoms with Gasteiger partial charge in [-0.15, -0.1) is 0 Å². The predicted octanol–water partition coefficient (Wildman–Crippen LogP) is 2.07. The molecule has 0 saturated heterocycles. The minimum atomic E-state index is -0.344. The summed E-state index contributed by atoms with van der Waals surface area (Å²) in [4.78, 5) is 15.4. The summed E-state index contributed by atoms with van der Waals surface area (Å²) in [7, 11) is 1.57. The lowest BCUT2D eigenvalue weighted by Gasteiger charge is -2.16. The Kier molecular flexibility index (Phi) is 5.29. The molecule has 0 radical (unpaired) electrons. The largest absolute Gasteiger partial charge is 0.468 e. The fourth-order valence-corrected chi connectivity index (χ4v) is 2.13. The van der Waals surface area contributed by atoms with Crippen molar-refractivity contribution < 1.29 is 14.3 Å². The van der Waals surface area contributed by atoms with Gasteiger partial charge in [0.25, 0.3) is 0 Å². The average Bonchev–Trinajstić information content (AvgIpc) is 2.52. The molecule has 2 N–H and O–H groups in total. The Morgan fingerprint density at radius 3 is 2.57 bits per heavy atom. The van der Waals surface area contributed by atoms with E-state index >= 15 is 0 Å². The van der Waals surface area contributed by atoms with E-state index in [4.69, 9.17) is 15.2 Å². The second-order valence-corrected chi connectivity index (χ2v) is 4.63.